The van der Waals surface area contributed by atoms with Crippen LogP contribution in [0, 0.1) is 0 Å². The van der Waals surface area contributed by atoms with Crippen LogP contribution in [-0.2, 0) is 13.0 Å². The molecular formula is C15H19N3O. The van der Waals surface area contributed by atoms with Gasteiger partial charge in [-0.2, -0.15) is 0 Å². The number of hydrogen-bond acceptors (Lipinski definition) is 4. The number of rotatable bonds is 5. The maximum atomic E-state index is 8.98. The van der Waals surface area contributed by atoms with Crippen LogP contribution in [0.15, 0.2) is 42.5 Å². The first-order valence-electron chi connectivity index (χ1n) is 6.26. The lowest BCUT2D eigenvalue weighted by molar-refractivity contribution is 0.300. The molecule has 0 bridgehead atoms. The number of aliphatic hydroxyl groups is 1. The summed E-state index contributed by atoms with van der Waals surface area (Å²) >= 11 is 0. The minimum atomic E-state index is 0.100. The predicted molar refractivity (Wildman–Crippen MR) is 79.8 cm³/mol. The fraction of sp³-hybridized carbons (Fsp3) is 0.200. The number of nitrogens with one attached hydrogen (secondary N) is 1. The Morgan fingerprint density at radius 3 is 2.63 bits per heavy atom. The molecule has 0 aliphatic rings. The standard InChI is InChI=1S/C15H19N3O/c16-13-3-1-2-11(8-13)10-18-14-4-5-15(17)12(9-14)6-7-19/h1-5,8-9,18-19H,6-7,10,16-17H2. The van der Waals surface area contributed by atoms with Crippen molar-refractivity contribution in [2.24, 2.45) is 0 Å². The second-order valence-corrected chi connectivity index (χ2v) is 4.49. The van der Waals surface area contributed by atoms with E-state index in [4.69, 9.17) is 16.6 Å². The Bertz CT molecular complexity index is 555. The summed E-state index contributed by atoms with van der Waals surface area (Å²) in [7, 11) is 0. The van der Waals surface area contributed by atoms with E-state index >= 15 is 0 Å². The van der Waals surface area contributed by atoms with E-state index in [-0.39, 0.29) is 6.61 Å². The van der Waals surface area contributed by atoms with Crippen LogP contribution in [0.5, 0.6) is 0 Å². The molecule has 0 aliphatic heterocycles. The second kappa shape index (κ2) is 6.11. The minimum Gasteiger partial charge on any atom is -0.399 e. The highest BCUT2D eigenvalue weighted by molar-refractivity contribution is 5.57. The quantitative estimate of drug-likeness (QED) is 0.617. The van der Waals surface area contributed by atoms with Gasteiger partial charge in [0.15, 0.2) is 0 Å². The van der Waals surface area contributed by atoms with E-state index < -0.39 is 0 Å². The van der Waals surface area contributed by atoms with Crippen molar-refractivity contribution in [3.05, 3.63) is 53.6 Å². The summed E-state index contributed by atoms with van der Waals surface area (Å²) in [6.45, 7) is 0.802. The molecule has 0 radical (unpaired) electrons. The van der Waals surface area contributed by atoms with Gasteiger partial charge in [0, 0.05) is 30.2 Å². The van der Waals surface area contributed by atoms with E-state index in [0.717, 1.165) is 22.5 Å². The highest BCUT2D eigenvalue weighted by Crippen LogP contribution is 2.19. The normalized spacial score (nSPS) is 10.4. The molecule has 0 saturated carbocycles. The molecule has 0 fully saturated rings. The molecule has 19 heavy (non-hydrogen) atoms. The second-order valence-electron chi connectivity index (χ2n) is 4.49. The summed E-state index contributed by atoms with van der Waals surface area (Å²) < 4.78 is 0. The van der Waals surface area contributed by atoms with E-state index in [1.807, 2.05) is 42.5 Å². The Hall–Kier alpha value is -2.20. The first-order valence-corrected chi connectivity index (χ1v) is 6.26. The van der Waals surface area contributed by atoms with E-state index in [0.29, 0.717) is 18.7 Å². The monoisotopic (exact) mass is 257 g/mol. The van der Waals surface area contributed by atoms with Gasteiger partial charge in [0.2, 0.25) is 0 Å². The van der Waals surface area contributed by atoms with Crippen molar-refractivity contribution in [3.8, 4) is 0 Å². The largest absolute Gasteiger partial charge is 0.399 e. The van der Waals surface area contributed by atoms with Crippen LogP contribution in [0.25, 0.3) is 0 Å². The van der Waals surface area contributed by atoms with Crippen molar-refractivity contribution in [2.75, 3.05) is 23.4 Å². The summed E-state index contributed by atoms with van der Waals surface area (Å²) in [5.74, 6) is 0. The predicted octanol–water partition coefficient (Wildman–Crippen LogP) is 2.00. The Morgan fingerprint density at radius 2 is 1.89 bits per heavy atom. The minimum absolute atomic E-state index is 0.100. The van der Waals surface area contributed by atoms with Crippen molar-refractivity contribution in [1.29, 1.82) is 0 Å². The first kappa shape index (κ1) is 13.2. The number of aliphatic hydroxyl groups excluding tert-OH is 1. The molecule has 4 heteroatoms. The van der Waals surface area contributed by atoms with Crippen LogP contribution in [0.4, 0.5) is 17.1 Å². The van der Waals surface area contributed by atoms with Crippen molar-refractivity contribution >= 4 is 17.1 Å². The fourth-order valence-corrected chi connectivity index (χ4v) is 1.96. The van der Waals surface area contributed by atoms with Crippen LogP contribution in [0.2, 0.25) is 0 Å². The lowest BCUT2D eigenvalue weighted by Gasteiger charge is -2.10. The molecule has 100 valence electrons. The number of hydrogen-bond donors (Lipinski definition) is 4. The van der Waals surface area contributed by atoms with Crippen LogP contribution in [0.3, 0.4) is 0 Å². The number of nitrogens with two attached hydrogens (primary N) is 2. The van der Waals surface area contributed by atoms with Gasteiger partial charge in [0.25, 0.3) is 0 Å². The zero-order chi connectivity index (χ0) is 13.7. The molecule has 2 rings (SSSR count). The third-order valence-corrected chi connectivity index (χ3v) is 2.97. The number of nitrogen functional groups attached to an aromatic ring is 2. The van der Waals surface area contributed by atoms with Gasteiger partial charge >= 0.3 is 0 Å². The molecule has 0 heterocycles. The van der Waals surface area contributed by atoms with Crippen LogP contribution < -0.4 is 16.8 Å². The van der Waals surface area contributed by atoms with Gasteiger partial charge in [0.1, 0.15) is 0 Å². The smallest absolute Gasteiger partial charge is 0.0472 e. The maximum absolute atomic E-state index is 8.98. The third-order valence-electron chi connectivity index (χ3n) is 2.97. The molecule has 0 aliphatic carbocycles. The molecule has 2 aromatic rings. The van der Waals surface area contributed by atoms with Gasteiger partial charge in [-0.25, -0.2) is 0 Å². The molecule has 2 aromatic carbocycles. The third kappa shape index (κ3) is 3.63. The Morgan fingerprint density at radius 1 is 1.05 bits per heavy atom. The van der Waals surface area contributed by atoms with Gasteiger partial charge in [-0.1, -0.05) is 12.1 Å². The van der Waals surface area contributed by atoms with Gasteiger partial charge in [-0.05, 0) is 47.9 Å². The van der Waals surface area contributed by atoms with E-state index in [9.17, 15) is 0 Å². The molecule has 6 N–H and O–H groups in total. The number of benzene rings is 2. The summed E-state index contributed by atoms with van der Waals surface area (Å²) in [5.41, 5.74) is 16.1. The molecule has 0 spiro atoms. The zero-order valence-electron chi connectivity index (χ0n) is 10.8. The highest BCUT2D eigenvalue weighted by atomic mass is 16.2. The fourth-order valence-electron chi connectivity index (χ4n) is 1.96. The van der Waals surface area contributed by atoms with E-state index in [1.54, 1.807) is 0 Å². The molecule has 0 amide bonds. The van der Waals surface area contributed by atoms with Crippen molar-refractivity contribution in [2.45, 2.75) is 13.0 Å². The lowest BCUT2D eigenvalue weighted by Crippen LogP contribution is -2.03. The molecule has 0 unspecified atom stereocenters. The molecule has 0 saturated heterocycles. The zero-order valence-corrected chi connectivity index (χ0v) is 10.8. The van der Waals surface area contributed by atoms with Gasteiger partial charge in [-0.3, -0.25) is 0 Å². The van der Waals surface area contributed by atoms with Crippen molar-refractivity contribution in [3.63, 3.8) is 0 Å². The van der Waals surface area contributed by atoms with E-state index in [2.05, 4.69) is 5.32 Å². The maximum Gasteiger partial charge on any atom is 0.0472 e. The van der Waals surface area contributed by atoms with Crippen LogP contribution in [-0.4, -0.2) is 11.7 Å². The van der Waals surface area contributed by atoms with Gasteiger partial charge < -0.3 is 21.9 Å². The summed E-state index contributed by atoms with van der Waals surface area (Å²) in [6, 6.07) is 13.5. The first-order chi connectivity index (χ1) is 9.19. The Kier molecular flexibility index (Phi) is 4.26. The lowest BCUT2D eigenvalue weighted by atomic mass is 10.1. The van der Waals surface area contributed by atoms with Crippen LogP contribution in [0.1, 0.15) is 11.1 Å². The Labute approximate surface area is 113 Å². The molecule has 0 aromatic heterocycles. The van der Waals surface area contributed by atoms with Crippen molar-refractivity contribution in [1.82, 2.24) is 0 Å². The SMILES string of the molecule is Nc1cccc(CNc2ccc(N)c(CCO)c2)c1. The Balaban J connectivity index is 2.05. The number of anilines is 3. The highest BCUT2D eigenvalue weighted by Gasteiger charge is 2.01. The summed E-state index contributed by atoms with van der Waals surface area (Å²) in [4.78, 5) is 0. The van der Waals surface area contributed by atoms with E-state index in [1.165, 1.54) is 0 Å². The molecular weight excluding hydrogens is 238 g/mol. The van der Waals surface area contributed by atoms with Crippen molar-refractivity contribution < 1.29 is 5.11 Å². The topological polar surface area (TPSA) is 84.3 Å². The molecule has 0 atom stereocenters. The van der Waals surface area contributed by atoms with Gasteiger partial charge in [0.05, 0.1) is 0 Å². The average molecular weight is 257 g/mol. The van der Waals surface area contributed by atoms with Gasteiger partial charge in [-0.15, -0.1) is 0 Å². The average Bonchev–Trinajstić information content (AvgIpc) is 2.40. The summed E-state index contributed by atoms with van der Waals surface area (Å²) in [6.07, 6.45) is 0.569. The summed E-state index contributed by atoms with van der Waals surface area (Å²) in [5, 5.41) is 12.3. The van der Waals surface area contributed by atoms with Crippen LogP contribution >= 0.6 is 0 Å². The molecule has 4 nitrogen and oxygen atoms in total.